The fourth-order valence-corrected chi connectivity index (χ4v) is 1.30. The van der Waals surface area contributed by atoms with Gasteiger partial charge in [0.25, 0.3) is 0 Å². The molecule has 0 fully saturated rings. The Hall–Kier alpha value is -1.41. The van der Waals surface area contributed by atoms with Crippen LogP contribution in [0.25, 0.3) is 0 Å². The molecule has 1 aromatic carbocycles. The highest BCUT2D eigenvalue weighted by atomic mass is 16.5. The van der Waals surface area contributed by atoms with Crippen LogP contribution in [0.3, 0.4) is 0 Å². The molecule has 1 unspecified atom stereocenters. The molecular formula is C13H16O2. The monoisotopic (exact) mass is 204 g/mol. The zero-order valence-corrected chi connectivity index (χ0v) is 9.36. The highest BCUT2D eigenvalue weighted by molar-refractivity contribution is 5.87. The highest BCUT2D eigenvalue weighted by Crippen LogP contribution is 2.18. The van der Waals surface area contributed by atoms with E-state index in [1.807, 2.05) is 31.2 Å². The normalized spacial score (nSPS) is 13.0. The molecule has 1 aromatic rings. The van der Waals surface area contributed by atoms with Crippen molar-refractivity contribution in [3.63, 3.8) is 0 Å². The molecule has 0 N–H and O–H groups in total. The number of hydrogen-bond donors (Lipinski definition) is 0. The van der Waals surface area contributed by atoms with Crippen molar-refractivity contribution in [2.75, 3.05) is 7.11 Å². The minimum absolute atomic E-state index is 0.0316. The summed E-state index contributed by atoms with van der Waals surface area (Å²) in [5.41, 5.74) is 2.27. The second-order valence-electron chi connectivity index (χ2n) is 3.54. The fraction of sp³-hybridized carbons (Fsp3) is 0.308. The van der Waals surface area contributed by atoms with Crippen molar-refractivity contribution in [1.82, 2.24) is 0 Å². The largest absolute Gasteiger partial charge is 0.373 e. The van der Waals surface area contributed by atoms with E-state index in [2.05, 4.69) is 0 Å². The number of ether oxygens (including phenoxy) is 1. The Bertz CT molecular complexity index is 349. The van der Waals surface area contributed by atoms with Crippen LogP contribution in [-0.2, 0) is 9.53 Å². The van der Waals surface area contributed by atoms with Crippen LogP contribution in [0.15, 0.2) is 36.4 Å². The van der Waals surface area contributed by atoms with Gasteiger partial charge in [0.1, 0.15) is 6.10 Å². The molecule has 1 rings (SSSR count). The van der Waals surface area contributed by atoms with Crippen LogP contribution in [0.5, 0.6) is 0 Å². The van der Waals surface area contributed by atoms with Crippen molar-refractivity contribution in [2.24, 2.45) is 0 Å². The minimum Gasteiger partial charge on any atom is -0.373 e. The molecule has 0 aliphatic carbocycles. The van der Waals surface area contributed by atoms with Crippen LogP contribution in [0.4, 0.5) is 0 Å². The van der Waals surface area contributed by atoms with E-state index in [1.54, 1.807) is 13.2 Å². The van der Waals surface area contributed by atoms with E-state index in [4.69, 9.17) is 4.74 Å². The second kappa shape index (κ2) is 5.47. The van der Waals surface area contributed by atoms with Gasteiger partial charge in [-0.2, -0.15) is 0 Å². The van der Waals surface area contributed by atoms with Crippen molar-refractivity contribution >= 4 is 5.78 Å². The fourth-order valence-electron chi connectivity index (χ4n) is 1.30. The lowest BCUT2D eigenvalue weighted by atomic mass is 10.1. The molecule has 0 heterocycles. The lowest BCUT2D eigenvalue weighted by Crippen LogP contribution is -1.98. The summed E-state index contributed by atoms with van der Waals surface area (Å²) in [6.07, 6.45) is 3.16. The number of ketones is 1. The quantitative estimate of drug-likeness (QED) is 0.705. The Morgan fingerprint density at radius 2 is 1.93 bits per heavy atom. The lowest BCUT2D eigenvalue weighted by Gasteiger charge is -2.11. The van der Waals surface area contributed by atoms with Gasteiger partial charge >= 0.3 is 0 Å². The molecule has 0 bridgehead atoms. The number of carbonyl (C=O) groups excluding carboxylic acids is 1. The highest BCUT2D eigenvalue weighted by Gasteiger charge is 2.05. The third-order valence-electron chi connectivity index (χ3n) is 2.17. The third-order valence-corrected chi connectivity index (χ3v) is 2.17. The number of rotatable bonds is 4. The van der Waals surface area contributed by atoms with Crippen LogP contribution in [0.2, 0.25) is 0 Å². The van der Waals surface area contributed by atoms with Crippen LogP contribution in [0.1, 0.15) is 24.2 Å². The van der Waals surface area contributed by atoms with Crippen LogP contribution < -0.4 is 0 Å². The van der Waals surface area contributed by atoms with E-state index >= 15 is 0 Å². The summed E-state index contributed by atoms with van der Waals surface area (Å²) in [5, 5.41) is 0. The SMILES string of the molecule is COC(C=CC(C)=O)c1ccc(C)cc1. The van der Waals surface area contributed by atoms with Gasteiger partial charge in [0.2, 0.25) is 0 Å². The van der Waals surface area contributed by atoms with Crippen molar-refractivity contribution in [3.05, 3.63) is 47.5 Å². The number of hydrogen-bond acceptors (Lipinski definition) is 2. The second-order valence-corrected chi connectivity index (χ2v) is 3.54. The van der Waals surface area contributed by atoms with Gasteiger partial charge in [-0.3, -0.25) is 4.79 Å². The smallest absolute Gasteiger partial charge is 0.152 e. The molecule has 0 radical (unpaired) electrons. The molecule has 0 aromatic heterocycles. The first-order chi connectivity index (χ1) is 7.13. The molecule has 0 amide bonds. The van der Waals surface area contributed by atoms with Crippen molar-refractivity contribution < 1.29 is 9.53 Å². The van der Waals surface area contributed by atoms with Gasteiger partial charge in [0.05, 0.1) is 0 Å². The van der Waals surface area contributed by atoms with Crippen LogP contribution >= 0.6 is 0 Å². The van der Waals surface area contributed by atoms with E-state index < -0.39 is 0 Å². The Labute approximate surface area is 90.6 Å². The van der Waals surface area contributed by atoms with Gasteiger partial charge in [-0.25, -0.2) is 0 Å². The molecule has 1 atom stereocenters. The van der Waals surface area contributed by atoms with Gasteiger partial charge in [-0.15, -0.1) is 0 Å². The van der Waals surface area contributed by atoms with E-state index in [0.717, 1.165) is 5.56 Å². The standard InChI is InChI=1S/C13H16O2/c1-10-4-7-12(8-5-10)13(15-3)9-6-11(2)14/h4-9,13H,1-3H3. The molecule has 0 aliphatic heterocycles. The van der Waals surface area contributed by atoms with Crippen molar-refractivity contribution in [1.29, 1.82) is 0 Å². The van der Waals surface area contributed by atoms with Gasteiger partial charge in [0, 0.05) is 7.11 Å². The Balaban J connectivity index is 2.83. The first-order valence-electron chi connectivity index (χ1n) is 4.91. The Morgan fingerprint density at radius 3 is 2.40 bits per heavy atom. The molecule has 80 valence electrons. The van der Waals surface area contributed by atoms with Crippen LogP contribution in [0, 0.1) is 6.92 Å². The summed E-state index contributed by atoms with van der Waals surface area (Å²) in [4.78, 5) is 10.8. The summed E-state index contributed by atoms with van der Waals surface area (Å²) in [5.74, 6) is 0.0316. The summed E-state index contributed by atoms with van der Waals surface area (Å²) in [6, 6.07) is 8.08. The molecule has 2 heteroatoms. The summed E-state index contributed by atoms with van der Waals surface area (Å²) in [7, 11) is 1.63. The number of aryl methyl sites for hydroxylation is 1. The first-order valence-corrected chi connectivity index (χ1v) is 4.91. The zero-order chi connectivity index (χ0) is 11.3. The Morgan fingerprint density at radius 1 is 1.33 bits per heavy atom. The van der Waals surface area contributed by atoms with Crippen LogP contribution in [-0.4, -0.2) is 12.9 Å². The predicted octanol–water partition coefficient (Wildman–Crippen LogP) is 2.83. The van der Waals surface area contributed by atoms with Crippen molar-refractivity contribution in [2.45, 2.75) is 20.0 Å². The number of methoxy groups -OCH3 is 1. The van der Waals surface area contributed by atoms with Gasteiger partial charge in [-0.1, -0.05) is 29.8 Å². The average molecular weight is 204 g/mol. The number of allylic oxidation sites excluding steroid dienone is 1. The topological polar surface area (TPSA) is 26.3 Å². The molecule has 0 aliphatic rings. The van der Waals surface area contributed by atoms with E-state index in [-0.39, 0.29) is 11.9 Å². The maximum atomic E-state index is 10.8. The number of carbonyl (C=O) groups is 1. The Kier molecular flexibility index (Phi) is 4.25. The summed E-state index contributed by atoms with van der Waals surface area (Å²) in [6.45, 7) is 3.56. The third kappa shape index (κ3) is 3.68. The molecular weight excluding hydrogens is 188 g/mol. The van der Waals surface area contributed by atoms with E-state index in [1.165, 1.54) is 18.6 Å². The maximum Gasteiger partial charge on any atom is 0.152 e. The van der Waals surface area contributed by atoms with E-state index in [0.29, 0.717) is 0 Å². The first kappa shape index (κ1) is 11.7. The summed E-state index contributed by atoms with van der Waals surface area (Å²) >= 11 is 0. The molecule has 15 heavy (non-hydrogen) atoms. The molecule has 0 spiro atoms. The van der Waals surface area contributed by atoms with Gasteiger partial charge < -0.3 is 4.74 Å². The van der Waals surface area contributed by atoms with Gasteiger partial charge in [0.15, 0.2) is 5.78 Å². The van der Waals surface area contributed by atoms with Gasteiger partial charge in [-0.05, 0) is 31.6 Å². The zero-order valence-electron chi connectivity index (χ0n) is 9.36. The maximum absolute atomic E-state index is 10.8. The summed E-state index contributed by atoms with van der Waals surface area (Å²) < 4.78 is 5.29. The molecule has 2 nitrogen and oxygen atoms in total. The predicted molar refractivity (Wildman–Crippen MR) is 60.8 cm³/mol. The average Bonchev–Trinajstić information content (AvgIpc) is 2.21. The lowest BCUT2D eigenvalue weighted by molar-refractivity contribution is -0.112. The minimum atomic E-state index is -0.144. The van der Waals surface area contributed by atoms with E-state index in [9.17, 15) is 4.79 Å². The molecule has 0 saturated heterocycles. The number of benzene rings is 1. The molecule has 0 saturated carbocycles. The van der Waals surface area contributed by atoms with Crippen molar-refractivity contribution in [3.8, 4) is 0 Å².